The van der Waals surface area contributed by atoms with Crippen molar-refractivity contribution in [3.05, 3.63) is 42.1 Å². The van der Waals surface area contributed by atoms with Crippen molar-refractivity contribution in [2.24, 2.45) is 16.5 Å². The van der Waals surface area contributed by atoms with Crippen LogP contribution < -0.4 is 16.8 Å². The van der Waals surface area contributed by atoms with E-state index in [2.05, 4.69) is 10.3 Å². The van der Waals surface area contributed by atoms with Gasteiger partial charge in [0.2, 0.25) is 0 Å². The van der Waals surface area contributed by atoms with Crippen molar-refractivity contribution in [2.45, 2.75) is 5.66 Å². The van der Waals surface area contributed by atoms with Crippen molar-refractivity contribution >= 4 is 5.96 Å². The Kier molecular flexibility index (Phi) is 2.09. The molecule has 5 heteroatoms. The Labute approximate surface area is 87.1 Å². The molecule has 2 rings (SSSR count). The Balaban J connectivity index is 2.45. The second-order valence-corrected chi connectivity index (χ2v) is 3.35. The number of nitrogens with two attached hydrogens (primary N) is 2. The first-order valence-corrected chi connectivity index (χ1v) is 4.48. The van der Waals surface area contributed by atoms with E-state index in [1.165, 1.54) is 0 Å². The van der Waals surface area contributed by atoms with Gasteiger partial charge in [0, 0.05) is 11.8 Å². The van der Waals surface area contributed by atoms with Crippen molar-refractivity contribution in [3.63, 3.8) is 0 Å². The molecule has 1 aromatic rings. The van der Waals surface area contributed by atoms with Crippen LogP contribution in [0.3, 0.4) is 0 Å². The highest BCUT2D eigenvalue weighted by molar-refractivity contribution is 5.80. The van der Waals surface area contributed by atoms with Crippen molar-refractivity contribution in [2.75, 3.05) is 0 Å². The topological polar surface area (TPSA) is 96.7 Å². The summed E-state index contributed by atoms with van der Waals surface area (Å²) in [6.45, 7) is 0. The van der Waals surface area contributed by atoms with Crippen molar-refractivity contribution in [1.29, 1.82) is 0 Å². The average molecular weight is 204 g/mol. The SMILES string of the molecule is NC1=NC(N)(c2cccc(O)c2)C=CN1. The Morgan fingerprint density at radius 3 is 2.87 bits per heavy atom. The summed E-state index contributed by atoms with van der Waals surface area (Å²) in [4.78, 5) is 4.09. The van der Waals surface area contributed by atoms with Gasteiger partial charge in [-0.3, -0.25) is 5.73 Å². The highest BCUT2D eigenvalue weighted by Crippen LogP contribution is 2.25. The number of aliphatic imine (C=N–C) groups is 1. The molecule has 5 nitrogen and oxygen atoms in total. The molecule has 6 N–H and O–H groups in total. The van der Waals surface area contributed by atoms with E-state index >= 15 is 0 Å². The highest BCUT2D eigenvalue weighted by atomic mass is 16.3. The summed E-state index contributed by atoms with van der Waals surface area (Å²) in [5.41, 5.74) is 11.2. The van der Waals surface area contributed by atoms with Crippen molar-refractivity contribution in [3.8, 4) is 5.75 Å². The van der Waals surface area contributed by atoms with Crippen LogP contribution in [0.5, 0.6) is 5.75 Å². The third-order valence-electron chi connectivity index (χ3n) is 2.18. The number of benzene rings is 1. The third kappa shape index (κ3) is 1.77. The van der Waals surface area contributed by atoms with Gasteiger partial charge in [-0.15, -0.1) is 0 Å². The fourth-order valence-corrected chi connectivity index (χ4v) is 1.44. The first kappa shape index (κ1) is 9.54. The lowest BCUT2D eigenvalue weighted by Crippen LogP contribution is -2.42. The van der Waals surface area contributed by atoms with Crippen LogP contribution in [0.25, 0.3) is 0 Å². The molecule has 1 aliphatic heterocycles. The summed E-state index contributed by atoms with van der Waals surface area (Å²) in [6.07, 6.45) is 3.31. The Morgan fingerprint density at radius 2 is 2.20 bits per heavy atom. The number of hydrogen-bond acceptors (Lipinski definition) is 5. The molecule has 0 spiro atoms. The molecule has 0 bridgehead atoms. The molecule has 0 aromatic heterocycles. The predicted molar refractivity (Wildman–Crippen MR) is 57.9 cm³/mol. The second-order valence-electron chi connectivity index (χ2n) is 3.35. The van der Waals surface area contributed by atoms with E-state index in [9.17, 15) is 5.11 Å². The molecular weight excluding hydrogens is 192 g/mol. The summed E-state index contributed by atoms with van der Waals surface area (Å²) in [6, 6.07) is 6.63. The van der Waals surface area contributed by atoms with E-state index in [0.717, 1.165) is 0 Å². The minimum atomic E-state index is -1.01. The predicted octanol–water partition coefficient (Wildman–Crippen LogP) is -0.0647. The van der Waals surface area contributed by atoms with E-state index in [1.54, 1.807) is 36.5 Å². The molecule has 1 aliphatic rings. The number of nitrogens with zero attached hydrogens (tertiary/aromatic N) is 1. The smallest absolute Gasteiger partial charge is 0.195 e. The average Bonchev–Trinajstić information content (AvgIpc) is 2.17. The van der Waals surface area contributed by atoms with Gasteiger partial charge in [0.1, 0.15) is 5.75 Å². The fourth-order valence-electron chi connectivity index (χ4n) is 1.44. The minimum Gasteiger partial charge on any atom is -0.508 e. The molecule has 1 heterocycles. The molecule has 0 saturated carbocycles. The molecule has 0 amide bonds. The normalized spacial score (nSPS) is 24.5. The van der Waals surface area contributed by atoms with E-state index in [4.69, 9.17) is 11.5 Å². The summed E-state index contributed by atoms with van der Waals surface area (Å²) in [5, 5.41) is 12.1. The van der Waals surface area contributed by atoms with E-state index in [1.807, 2.05) is 0 Å². The van der Waals surface area contributed by atoms with E-state index in [-0.39, 0.29) is 11.7 Å². The lowest BCUT2D eigenvalue weighted by Gasteiger charge is -2.25. The van der Waals surface area contributed by atoms with Gasteiger partial charge >= 0.3 is 0 Å². The zero-order valence-corrected chi connectivity index (χ0v) is 8.01. The third-order valence-corrected chi connectivity index (χ3v) is 2.18. The molecule has 0 radical (unpaired) electrons. The van der Waals surface area contributed by atoms with Crippen LogP contribution in [0.4, 0.5) is 0 Å². The molecule has 0 fully saturated rings. The number of phenolic OH excluding ortho intramolecular Hbond substituents is 1. The summed E-state index contributed by atoms with van der Waals surface area (Å²) in [7, 11) is 0. The van der Waals surface area contributed by atoms with E-state index in [0.29, 0.717) is 5.56 Å². The van der Waals surface area contributed by atoms with Crippen molar-refractivity contribution < 1.29 is 5.11 Å². The maximum Gasteiger partial charge on any atom is 0.195 e. The fraction of sp³-hybridized carbons (Fsp3) is 0.100. The molecule has 1 unspecified atom stereocenters. The number of rotatable bonds is 1. The first-order chi connectivity index (χ1) is 7.10. The molecule has 15 heavy (non-hydrogen) atoms. The minimum absolute atomic E-state index is 0.151. The second kappa shape index (κ2) is 3.29. The first-order valence-electron chi connectivity index (χ1n) is 4.48. The number of nitrogens with one attached hydrogen (secondary N) is 1. The van der Waals surface area contributed by atoms with Crippen LogP contribution in [-0.2, 0) is 5.66 Å². The van der Waals surface area contributed by atoms with Gasteiger partial charge in [-0.25, -0.2) is 4.99 Å². The van der Waals surface area contributed by atoms with Gasteiger partial charge in [0.15, 0.2) is 11.6 Å². The Hall–Kier alpha value is -2.01. The van der Waals surface area contributed by atoms with Gasteiger partial charge in [-0.1, -0.05) is 12.1 Å². The zero-order chi connectivity index (χ0) is 10.9. The maximum absolute atomic E-state index is 9.35. The standard InChI is InChI=1S/C10H12N4O/c11-9-13-5-4-10(12,14-9)7-2-1-3-8(15)6-7/h1-6,15H,12H2,(H3,11,13,14). The molecule has 1 aromatic carbocycles. The van der Waals surface area contributed by atoms with Gasteiger partial charge in [-0.2, -0.15) is 0 Å². The van der Waals surface area contributed by atoms with Crippen LogP contribution in [0.1, 0.15) is 5.56 Å². The van der Waals surface area contributed by atoms with Crippen LogP contribution in [0.15, 0.2) is 41.5 Å². The van der Waals surface area contributed by atoms with E-state index < -0.39 is 5.66 Å². The molecular formula is C10H12N4O. The summed E-state index contributed by atoms with van der Waals surface area (Å²) < 4.78 is 0. The van der Waals surface area contributed by atoms with Crippen LogP contribution in [0.2, 0.25) is 0 Å². The quantitative estimate of drug-likeness (QED) is 0.515. The molecule has 0 aliphatic carbocycles. The number of phenols is 1. The Morgan fingerprint density at radius 1 is 1.40 bits per heavy atom. The Bertz CT molecular complexity index is 441. The lowest BCUT2D eigenvalue weighted by atomic mass is 10.00. The largest absolute Gasteiger partial charge is 0.508 e. The van der Waals surface area contributed by atoms with Gasteiger partial charge in [-0.05, 0) is 18.2 Å². The van der Waals surface area contributed by atoms with Crippen LogP contribution in [-0.4, -0.2) is 11.1 Å². The zero-order valence-electron chi connectivity index (χ0n) is 8.01. The number of guanidine groups is 1. The summed E-state index contributed by atoms with van der Waals surface area (Å²) in [5.74, 6) is 0.404. The van der Waals surface area contributed by atoms with Crippen molar-refractivity contribution in [1.82, 2.24) is 5.32 Å². The highest BCUT2D eigenvalue weighted by Gasteiger charge is 2.26. The molecule has 78 valence electrons. The molecule has 0 saturated heterocycles. The lowest BCUT2D eigenvalue weighted by molar-refractivity contribution is 0.471. The monoisotopic (exact) mass is 204 g/mol. The maximum atomic E-state index is 9.35. The number of aromatic hydroxyl groups is 1. The summed E-state index contributed by atoms with van der Waals surface area (Å²) >= 11 is 0. The molecule has 1 atom stereocenters. The van der Waals surface area contributed by atoms with Gasteiger partial charge in [0.25, 0.3) is 0 Å². The van der Waals surface area contributed by atoms with Crippen LogP contribution in [0, 0.1) is 0 Å². The van der Waals surface area contributed by atoms with Crippen LogP contribution >= 0.6 is 0 Å². The van der Waals surface area contributed by atoms with Gasteiger partial charge in [0.05, 0.1) is 0 Å². The number of hydrogen-bond donors (Lipinski definition) is 4. The van der Waals surface area contributed by atoms with Gasteiger partial charge < -0.3 is 16.2 Å².